The van der Waals surface area contributed by atoms with E-state index >= 15 is 0 Å². The van der Waals surface area contributed by atoms with E-state index in [2.05, 4.69) is 29.6 Å². The first-order chi connectivity index (χ1) is 19.1. The van der Waals surface area contributed by atoms with Crippen LogP contribution < -0.4 is 10.1 Å². The molecule has 0 aliphatic heterocycles. The van der Waals surface area contributed by atoms with E-state index in [0.717, 1.165) is 38.6 Å². The number of carbonyl (C=O) groups is 2. The lowest BCUT2D eigenvalue weighted by molar-refractivity contribution is 0.0696. The summed E-state index contributed by atoms with van der Waals surface area (Å²) in [6, 6.07) is 34.6. The van der Waals surface area contributed by atoms with Crippen LogP contribution in [0.1, 0.15) is 33.0 Å². The van der Waals surface area contributed by atoms with Gasteiger partial charge in [-0.05, 0) is 62.9 Å². The Kier molecular flexibility index (Phi) is 6.43. The van der Waals surface area contributed by atoms with Crippen molar-refractivity contribution in [1.29, 1.82) is 0 Å². The number of rotatable bonds is 7. The van der Waals surface area contributed by atoms with Crippen LogP contribution in [0.15, 0.2) is 109 Å². The summed E-state index contributed by atoms with van der Waals surface area (Å²) in [5.41, 5.74) is 5.85. The Hall–Kier alpha value is -5.10. The zero-order valence-corrected chi connectivity index (χ0v) is 21.0. The van der Waals surface area contributed by atoms with Crippen molar-refractivity contribution in [3.05, 3.63) is 131 Å². The molecule has 39 heavy (non-hydrogen) atoms. The molecular weight excluding hydrogens is 490 g/mol. The molecule has 192 valence electrons. The molecule has 0 aromatic heterocycles. The molecule has 0 saturated heterocycles. The summed E-state index contributed by atoms with van der Waals surface area (Å²) in [7, 11) is 0. The number of ether oxygens (including phenoxy) is 2. The number of aromatic carboxylic acids is 1. The Balaban J connectivity index is 1.18. The second-order valence-corrected chi connectivity index (χ2v) is 9.44. The van der Waals surface area contributed by atoms with Crippen LogP contribution in [0.3, 0.4) is 0 Å². The van der Waals surface area contributed by atoms with Crippen LogP contribution in [0.2, 0.25) is 0 Å². The van der Waals surface area contributed by atoms with Gasteiger partial charge in [-0.25, -0.2) is 9.59 Å². The summed E-state index contributed by atoms with van der Waals surface area (Å²) < 4.78 is 11.7. The lowest BCUT2D eigenvalue weighted by atomic mass is 9.98. The second kappa shape index (κ2) is 10.3. The number of amides is 1. The van der Waals surface area contributed by atoms with Gasteiger partial charge in [0.15, 0.2) is 0 Å². The van der Waals surface area contributed by atoms with Crippen LogP contribution in [-0.4, -0.2) is 23.8 Å². The maximum Gasteiger partial charge on any atom is 0.411 e. The molecule has 6 rings (SSSR count). The first-order valence-corrected chi connectivity index (χ1v) is 12.7. The first kappa shape index (κ1) is 24.2. The van der Waals surface area contributed by atoms with Crippen molar-refractivity contribution in [2.24, 2.45) is 0 Å². The molecule has 0 atom stereocenters. The highest BCUT2D eigenvalue weighted by molar-refractivity contribution is 5.92. The Morgan fingerprint density at radius 3 is 2.13 bits per heavy atom. The van der Waals surface area contributed by atoms with E-state index in [1.807, 2.05) is 66.7 Å². The van der Waals surface area contributed by atoms with Crippen LogP contribution in [-0.2, 0) is 11.3 Å². The van der Waals surface area contributed by atoms with Crippen LogP contribution >= 0.6 is 0 Å². The first-order valence-electron chi connectivity index (χ1n) is 12.7. The summed E-state index contributed by atoms with van der Waals surface area (Å²) in [6.07, 6.45) is -0.643. The molecular formula is C33H25NO5. The van der Waals surface area contributed by atoms with Gasteiger partial charge in [0.25, 0.3) is 0 Å². The Labute approximate surface area is 225 Å². The topological polar surface area (TPSA) is 84.9 Å². The zero-order chi connectivity index (χ0) is 26.8. The standard InChI is InChI=1S/C33H25NO5/c35-32(36)24-15-16-30(31(18-24)38-19-21-13-14-22-7-1-2-8-23(22)17-21)34-33(37)39-20-29-27-11-5-3-9-25(27)26-10-4-6-12-28(26)29/h1-18,29H,19-20H2,(H,34,37)(H,35,36). The third-order valence-electron chi connectivity index (χ3n) is 7.02. The molecule has 6 nitrogen and oxygen atoms in total. The van der Waals surface area contributed by atoms with Crippen LogP contribution in [0.4, 0.5) is 10.5 Å². The maximum atomic E-state index is 12.9. The monoisotopic (exact) mass is 515 g/mol. The molecule has 1 amide bonds. The third-order valence-corrected chi connectivity index (χ3v) is 7.02. The van der Waals surface area contributed by atoms with Crippen molar-refractivity contribution in [1.82, 2.24) is 0 Å². The minimum absolute atomic E-state index is 0.0570. The molecule has 1 aliphatic rings. The van der Waals surface area contributed by atoms with E-state index in [9.17, 15) is 14.7 Å². The van der Waals surface area contributed by atoms with Crippen molar-refractivity contribution >= 4 is 28.5 Å². The zero-order valence-electron chi connectivity index (χ0n) is 21.0. The molecule has 1 aliphatic carbocycles. The Morgan fingerprint density at radius 1 is 0.744 bits per heavy atom. The molecule has 0 spiro atoms. The molecule has 0 unspecified atom stereocenters. The average molecular weight is 516 g/mol. The number of carboxylic acids is 1. The smallest absolute Gasteiger partial charge is 0.411 e. The number of hydrogen-bond donors (Lipinski definition) is 2. The van der Waals surface area contributed by atoms with Crippen LogP contribution in [0, 0.1) is 0 Å². The average Bonchev–Trinajstić information content (AvgIpc) is 3.29. The van der Waals surface area contributed by atoms with E-state index in [0.29, 0.717) is 5.69 Å². The molecule has 6 heteroatoms. The SMILES string of the molecule is O=C(Nc1ccc(C(=O)O)cc1OCc1ccc2ccccc2c1)OCC1c2ccccc2-c2ccccc21. The second-order valence-electron chi connectivity index (χ2n) is 9.44. The minimum atomic E-state index is -1.08. The predicted octanol–water partition coefficient (Wildman–Crippen LogP) is 7.48. The predicted molar refractivity (Wildman–Crippen MR) is 150 cm³/mol. The number of anilines is 1. The van der Waals surface area contributed by atoms with Gasteiger partial charge in [0.1, 0.15) is 19.0 Å². The van der Waals surface area contributed by atoms with Gasteiger partial charge in [0, 0.05) is 5.92 Å². The largest absolute Gasteiger partial charge is 0.487 e. The number of benzene rings is 5. The molecule has 5 aromatic carbocycles. The lowest BCUT2D eigenvalue weighted by Crippen LogP contribution is -2.18. The van der Waals surface area contributed by atoms with Crippen molar-refractivity contribution in [2.45, 2.75) is 12.5 Å². The molecule has 0 radical (unpaired) electrons. The van der Waals surface area contributed by atoms with Crippen LogP contribution in [0.25, 0.3) is 21.9 Å². The van der Waals surface area contributed by atoms with E-state index in [1.54, 1.807) is 0 Å². The molecule has 0 saturated carbocycles. The van der Waals surface area contributed by atoms with Gasteiger partial charge >= 0.3 is 12.1 Å². The van der Waals surface area contributed by atoms with Gasteiger partial charge in [-0.1, -0.05) is 84.9 Å². The number of nitrogens with one attached hydrogen (secondary N) is 1. The highest BCUT2D eigenvalue weighted by atomic mass is 16.5. The highest BCUT2D eigenvalue weighted by Crippen LogP contribution is 2.44. The maximum absolute atomic E-state index is 12.9. The van der Waals surface area contributed by atoms with Gasteiger partial charge in [-0.3, -0.25) is 5.32 Å². The minimum Gasteiger partial charge on any atom is -0.487 e. The molecule has 5 aromatic rings. The Bertz CT molecular complexity index is 1660. The van der Waals surface area contributed by atoms with Crippen molar-refractivity contribution in [3.8, 4) is 16.9 Å². The lowest BCUT2D eigenvalue weighted by Gasteiger charge is -2.16. The number of hydrogen-bond acceptors (Lipinski definition) is 4. The summed E-state index contributed by atoms with van der Waals surface area (Å²) in [6.45, 7) is 0.369. The van der Waals surface area contributed by atoms with Gasteiger partial charge in [0.05, 0.1) is 11.3 Å². The summed E-state index contributed by atoms with van der Waals surface area (Å²) in [5.74, 6) is -0.907. The number of carboxylic acid groups (broad SMARTS) is 1. The van der Waals surface area contributed by atoms with Crippen molar-refractivity contribution in [3.63, 3.8) is 0 Å². The molecule has 0 bridgehead atoms. The van der Waals surface area contributed by atoms with Gasteiger partial charge in [0.2, 0.25) is 0 Å². The van der Waals surface area contributed by atoms with Gasteiger partial charge in [-0.2, -0.15) is 0 Å². The van der Waals surface area contributed by atoms with E-state index < -0.39 is 12.1 Å². The Morgan fingerprint density at radius 2 is 1.41 bits per heavy atom. The van der Waals surface area contributed by atoms with Crippen molar-refractivity contribution in [2.75, 3.05) is 11.9 Å². The fourth-order valence-electron chi connectivity index (χ4n) is 5.11. The normalized spacial score (nSPS) is 12.0. The molecule has 2 N–H and O–H groups in total. The summed E-state index contributed by atoms with van der Waals surface area (Å²) >= 11 is 0. The third kappa shape index (κ3) is 4.92. The molecule has 0 heterocycles. The summed E-state index contributed by atoms with van der Waals surface area (Å²) in [5, 5.41) is 14.4. The summed E-state index contributed by atoms with van der Waals surface area (Å²) in [4.78, 5) is 24.5. The molecule has 0 fully saturated rings. The number of fused-ring (bicyclic) bond motifs is 4. The number of carbonyl (C=O) groups excluding carboxylic acids is 1. The van der Waals surface area contributed by atoms with E-state index in [1.165, 1.54) is 18.2 Å². The van der Waals surface area contributed by atoms with Crippen molar-refractivity contribution < 1.29 is 24.2 Å². The fraction of sp³-hybridized carbons (Fsp3) is 0.0909. The fourth-order valence-corrected chi connectivity index (χ4v) is 5.11. The highest BCUT2D eigenvalue weighted by Gasteiger charge is 2.29. The van der Waals surface area contributed by atoms with E-state index in [4.69, 9.17) is 9.47 Å². The van der Waals surface area contributed by atoms with Gasteiger partial charge in [-0.15, -0.1) is 0 Å². The van der Waals surface area contributed by atoms with E-state index in [-0.39, 0.29) is 30.4 Å². The van der Waals surface area contributed by atoms with Crippen LogP contribution in [0.5, 0.6) is 5.75 Å². The van der Waals surface area contributed by atoms with Gasteiger partial charge < -0.3 is 14.6 Å². The quantitative estimate of drug-likeness (QED) is 0.235.